The molecule has 0 saturated heterocycles. The average molecular weight is 436 g/mol. The van der Waals surface area contributed by atoms with Gasteiger partial charge in [0.05, 0.1) is 0 Å². The average Bonchev–Trinajstić information content (AvgIpc) is 3.08. The van der Waals surface area contributed by atoms with E-state index in [1.165, 1.54) is 28.7 Å². The minimum Gasteiger partial charge on any atom is -0.344 e. The van der Waals surface area contributed by atoms with Gasteiger partial charge in [0.15, 0.2) is 0 Å². The molecule has 1 atom stereocenters. The maximum absolute atomic E-state index is 13.0. The second-order valence-electron chi connectivity index (χ2n) is 7.33. The Morgan fingerprint density at radius 2 is 1.77 bits per heavy atom. The van der Waals surface area contributed by atoms with Crippen LogP contribution in [0.25, 0.3) is 21.8 Å². The molecular formula is C25H29N3O2S. The zero-order valence-corrected chi connectivity index (χ0v) is 19.0. The van der Waals surface area contributed by atoms with Crippen molar-refractivity contribution in [3.8, 4) is 0 Å². The van der Waals surface area contributed by atoms with Gasteiger partial charge in [-0.15, -0.1) is 24.9 Å². The van der Waals surface area contributed by atoms with Crippen LogP contribution in [0, 0.1) is 0 Å². The first-order valence-corrected chi connectivity index (χ1v) is 11.4. The molecule has 3 rings (SSSR count). The van der Waals surface area contributed by atoms with Crippen molar-refractivity contribution in [3.05, 3.63) is 67.8 Å². The molecular weight excluding hydrogens is 406 g/mol. The van der Waals surface area contributed by atoms with Crippen LogP contribution in [0.3, 0.4) is 0 Å². The number of aryl methyl sites for hydroxylation is 1. The molecule has 0 aliphatic rings. The summed E-state index contributed by atoms with van der Waals surface area (Å²) in [5.74, 6) is 0.0879. The van der Waals surface area contributed by atoms with Crippen molar-refractivity contribution in [1.29, 1.82) is 0 Å². The van der Waals surface area contributed by atoms with E-state index in [2.05, 4.69) is 72.4 Å². The predicted octanol–water partition coefficient (Wildman–Crippen LogP) is 4.61. The maximum atomic E-state index is 13.0. The third-order valence-electron chi connectivity index (χ3n) is 5.16. The SMILES string of the molecule is C=CCN(CC=C)C(=O)C(CSc1ccc2c(c1)c1ccccc1n2CC)NC(C)=O. The lowest BCUT2D eigenvalue weighted by molar-refractivity contribution is -0.134. The number of nitrogens with one attached hydrogen (secondary N) is 1. The molecule has 31 heavy (non-hydrogen) atoms. The molecule has 162 valence electrons. The number of para-hydroxylation sites is 1. The molecule has 6 heteroatoms. The quantitative estimate of drug-likeness (QED) is 0.374. The number of hydrogen-bond acceptors (Lipinski definition) is 3. The van der Waals surface area contributed by atoms with E-state index < -0.39 is 6.04 Å². The monoisotopic (exact) mass is 435 g/mol. The number of nitrogens with zero attached hydrogens (tertiary/aromatic N) is 2. The zero-order chi connectivity index (χ0) is 22.4. The largest absolute Gasteiger partial charge is 0.344 e. The molecule has 0 aliphatic heterocycles. The van der Waals surface area contributed by atoms with Crippen molar-refractivity contribution >= 4 is 45.4 Å². The molecule has 0 aliphatic carbocycles. The third kappa shape index (κ3) is 5.02. The van der Waals surface area contributed by atoms with Gasteiger partial charge in [-0.2, -0.15) is 0 Å². The van der Waals surface area contributed by atoms with E-state index in [1.807, 2.05) is 0 Å². The highest BCUT2D eigenvalue weighted by Crippen LogP contribution is 2.32. The lowest BCUT2D eigenvalue weighted by atomic mass is 10.1. The third-order valence-corrected chi connectivity index (χ3v) is 6.25. The second-order valence-corrected chi connectivity index (χ2v) is 8.42. The fraction of sp³-hybridized carbons (Fsp3) is 0.280. The summed E-state index contributed by atoms with van der Waals surface area (Å²) in [6.45, 7) is 12.7. The number of carbonyl (C=O) groups excluding carboxylic acids is 2. The van der Waals surface area contributed by atoms with Crippen LogP contribution in [-0.2, 0) is 16.1 Å². The molecule has 0 saturated carbocycles. The zero-order valence-electron chi connectivity index (χ0n) is 18.1. The van der Waals surface area contributed by atoms with Gasteiger partial charge in [-0.25, -0.2) is 0 Å². The minimum absolute atomic E-state index is 0.133. The fourth-order valence-corrected chi connectivity index (χ4v) is 4.80. The van der Waals surface area contributed by atoms with Gasteiger partial charge in [0.25, 0.3) is 0 Å². The van der Waals surface area contributed by atoms with Gasteiger partial charge in [-0.05, 0) is 31.2 Å². The first-order valence-electron chi connectivity index (χ1n) is 10.4. The molecule has 0 bridgehead atoms. The van der Waals surface area contributed by atoms with E-state index in [0.29, 0.717) is 18.8 Å². The molecule has 0 spiro atoms. The van der Waals surface area contributed by atoms with Crippen molar-refractivity contribution in [3.63, 3.8) is 0 Å². The standard InChI is InChI=1S/C25H29N3O2S/c1-5-14-27(15-6-2)25(30)22(26-18(4)29)17-31-19-12-13-24-21(16-19)20-10-8-9-11-23(20)28(24)7-3/h5-6,8-13,16,22H,1-2,7,14-15,17H2,3-4H3,(H,26,29). The molecule has 0 radical (unpaired) electrons. The van der Waals surface area contributed by atoms with Gasteiger partial charge in [0, 0.05) is 59.0 Å². The molecule has 0 fully saturated rings. The van der Waals surface area contributed by atoms with Gasteiger partial charge >= 0.3 is 0 Å². The van der Waals surface area contributed by atoms with Crippen molar-refractivity contribution in [2.45, 2.75) is 31.3 Å². The van der Waals surface area contributed by atoms with Gasteiger partial charge in [0.2, 0.25) is 11.8 Å². The molecule has 1 unspecified atom stereocenters. The van der Waals surface area contributed by atoms with Crippen molar-refractivity contribution in [2.24, 2.45) is 0 Å². The summed E-state index contributed by atoms with van der Waals surface area (Å²) in [6, 6.07) is 14.2. The Balaban J connectivity index is 1.86. The number of rotatable bonds is 10. The van der Waals surface area contributed by atoms with Crippen molar-refractivity contribution in [1.82, 2.24) is 14.8 Å². The Morgan fingerprint density at radius 1 is 1.10 bits per heavy atom. The first kappa shape index (κ1) is 22.7. The van der Waals surface area contributed by atoms with Crippen LogP contribution in [0.5, 0.6) is 0 Å². The van der Waals surface area contributed by atoms with Crippen LogP contribution < -0.4 is 5.32 Å². The molecule has 2 aromatic carbocycles. The fourth-order valence-electron chi connectivity index (χ4n) is 3.85. The van der Waals surface area contributed by atoms with Crippen LogP contribution in [0.4, 0.5) is 0 Å². The summed E-state index contributed by atoms with van der Waals surface area (Å²) in [7, 11) is 0. The molecule has 1 aromatic heterocycles. The van der Waals surface area contributed by atoms with E-state index in [9.17, 15) is 9.59 Å². The summed E-state index contributed by atoms with van der Waals surface area (Å²) in [5.41, 5.74) is 2.42. The van der Waals surface area contributed by atoms with E-state index in [-0.39, 0.29) is 11.8 Å². The Labute approximate surface area is 187 Å². The summed E-state index contributed by atoms with van der Waals surface area (Å²) in [6.07, 6.45) is 3.35. The highest BCUT2D eigenvalue weighted by molar-refractivity contribution is 7.99. The molecule has 1 N–H and O–H groups in total. The van der Waals surface area contributed by atoms with Crippen LogP contribution in [0.1, 0.15) is 13.8 Å². The number of carbonyl (C=O) groups is 2. The van der Waals surface area contributed by atoms with Crippen LogP contribution in [-0.4, -0.2) is 46.2 Å². The van der Waals surface area contributed by atoms with E-state index >= 15 is 0 Å². The Hall–Kier alpha value is -2.99. The normalized spacial score (nSPS) is 11.9. The molecule has 1 heterocycles. The van der Waals surface area contributed by atoms with E-state index in [4.69, 9.17) is 0 Å². The Kier molecular flexibility index (Phi) is 7.58. The van der Waals surface area contributed by atoms with Gasteiger partial charge in [-0.3, -0.25) is 9.59 Å². The predicted molar refractivity (Wildman–Crippen MR) is 130 cm³/mol. The van der Waals surface area contributed by atoms with Crippen molar-refractivity contribution in [2.75, 3.05) is 18.8 Å². The summed E-state index contributed by atoms with van der Waals surface area (Å²) < 4.78 is 2.31. The number of amides is 2. The van der Waals surface area contributed by atoms with Crippen LogP contribution >= 0.6 is 11.8 Å². The molecule has 5 nitrogen and oxygen atoms in total. The number of fused-ring (bicyclic) bond motifs is 3. The number of benzene rings is 2. The lowest BCUT2D eigenvalue weighted by Gasteiger charge is -2.25. The van der Waals surface area contributed by atoms with Crippen LogP contribution in [0.2, 0.25) is 0 Å². The highest BCUT2D eigenvalue weighted by atomic mass is 32.2. The summed E-state index contributed by atoms with van der Waals surface area (Å²) >= 11 is 1.57. The number of hydrogen-bond donors (Lipinski definition) is 1. The number of thioether (sulfide) groups is 1. The van der Waals surface area contributed by atoms with Gasteiger partial charge in [-0.1, -0.05) is 30.4 Å². The highest BCUT2D eigenvalue weighted by Gasteiger charge is 2.24. The molecule has 3 aromatic rings. The summed E-state index contributed by atoms with van der Waals surface area (Å²) in [4.78, 5) is 27.4. The van der Waals surface area contributed by atoms with Gasteiger partial charge < -0.3 is 14.8 Å². The number of aromatic nitrogens is 1. The van der Waals surface area contributed by atoms with E-state index in [0.717, 1.165) is 11.4 Å². The smallest absolute Gasteiger partial charge is 0.246 e. The topological polar surface area (TPSA) is 54.3 Å². The van der Waals surface area contributed by atoms with Gasteiger partial charge in [0.1, 0.15) is 6.04 Å². The Morgan fingerprint density at radius 3 is 2.42 bits per heavy atom. The minimum atomic E-state index is -0.616. The molecule has 2 amide bonds. The second kappa shape index (κ2) is 10.4. The Bertz CT molecular complexity index is 1110. The first-order chi connectivity index (χ1) is 15.0. The maximum Gasteiger partial charge on any atom is 0.246 e. The lowest BCUT2D eigenvalue weighted by Crippen LogP contribution is -2.49. The van der Waals surface area contributed by atoms with Crippen LogP contribution in [0.15, 0.2) is 72.7 Å². The summed E-state index contributed by atoms with van der Waals surface area (Å²) in [5, 5.41) is 5.22. The van der Waals surface area contributed by atoms with Crippen molar-refractivity contribution < 1.29 is 9.59 Å². The van der Waals surface area contributed by atoms with E-state index in [1.54, 1.807) is 28.8 Å².